The summed E-state index contributed by atoms with van der Waals surface area (Å²) in [6, 6.07) is 11.8. The van der Waals surface area contributed by atoms with E-state index in [1.807, 2.05) is 30.3 Å². The van der Waals surface area contributed by atoms with Crippen molar-refractivity contribution < 1.29 is 4.79 Å². The molecule has 0 radical (unpaired) electrons. The second kappa shape index (κ2) is 8.49. The molecule has 0 bridgehead atoms. The van der Waals surface area contributed by atoms with Gasteiger partial charge in [-0.05, 0) is 56.1 Å². The first-order valence-electron chi connectivity index (χ1n) is 11.6. The van der Waals surface area contributed by atoms with Gasteiger partial charge in [0, 0.05) is 15.3 Å². The Morgan fingerprint density at radius 2 is 1.76 bits per heavy atom. The Bertz CT molecular complexity index is 1540. The smallest absolute Gasteiger partial charge is 0.263 e. The van der Waals surface area contributed by atoms with E-state index < -0.39 is 0 Å². The van der Waals surface area contributed by atoms with E-state index in [1.54, 1.807) is 11.3 Å². The first kappa shape index (κ1) is 21.3. The molecule has 2 aliphatic carbocycles. The molecule has 6 rings (SSSR count). The van der Waals surface area contributed by atoms with Crippen LogP contribution in [0.4, 0.5) is 5.00 Å². The lowest BCUT2D eigenvalue weighted by atomic mass is 9.97. The molecule has 3 aromatic heterocycles. The van der Waals surface area contributed by atoms with E-state index in [9.17, 15) is 14.9 Å². The topological polar surface area (TPSA) is 87.8 Å². The molecule has 0 saturated heterocycles. The second-order valence-corrected chi connectivity index (χ2v) is 11.0. The van der Waals surface area contributed by atoms with Crippen molar-refractivity contribution in [1.82, 2.24) is 9.55 Å². The zero-order valence-corrected chi connectivity index (χ0v) is 20.2. The number of rotatable bonds is 4. The number of carbonyl (C=O) groups is 1. The predicted octanol–water partition coefficient (Wildman–Crippen LogP) is 5.06. The lowest BCUT2D eigenvalue weighted by Gasteiger charge is -2.14. The predicted molar refractivity (Wildman–Crippen MR) is 136 cm³/mol. The van der Waals surface area contributed by atoms with Crippen LogP contribution >= 0.6 is 22.7 Å². The van der Waals surface area contributed by atoms with Crippen LogP contribution in [0.1, 0.15) is 45.7 Å². The minimum atomic E-state index is -0.319. The van der Waals surface area contributed by atoms with E-state index in [2.05, 4.69) is 11.4 Å². The summed E-state index contributed by atoms with van der Waals surface area (Å²) in [6.07, 6.45) is 6.95. The Kier molecular flexibility index (Phi) is 5.31. The normalized spacial score (nSPS) is 14.6. The van der Waals surface area contributed by atoms with Gasteiger partial charge in [0.1, 0.15) is 28.3 Å². The maximum absolute atomic E-state index is 13.8. The number of anilines is 1. The maximum atomic E-state index is 13.8. The molecule has 0 atom stereocenters. The molecule has 0 saturated carbocycles. The highest BCUT2D eigenvalue weighted by molar-refractivity contribution is 7.18. The molecular weight excluding hydrogens is 464 g/mol. The third-order valence-electron chi connectivity index (χ3n) is 6.69. The van der Waals surface area contributed by atoms with Gasteiger partial charge in [-0.3, -0.25) is 14.2 Å². The molecule has 6 nitrogen and oxygen atoms in total. The highest BCUT2D eigenvalue weighted by Gasteiger charge is 2.25. The van der Waals surface area contributed by atoms with Gasteiger partial charge in [0.25, 0.3) is 5.56 Å². The van der Waals surface area contributed by atoms with E-state index in [4.69, 9.17) is 4.98 Å². The van der Waals surface area contributed by atoms with Crippen molar-refractivity contribution >= 4 is 43.8 Å². The van der Waals surface area contributed by atoms with Crippen molar-refractivity contribution in [2.45, 2.75) is 51.5 Å². The molecule has 34 heavy (non-hydrogen) atoms. The highest BCUT2D eigenvalue weighted by Crippen LogP contribution is 2.39. The number of amides is 1. The van der Waals surface area contributed by atoms with E-state index in [-0.39, 0.29) is 18.0 Å². The molecular formula is C26H22N4O2S2. The number of nitrogens with zero attached hydrogens (tertiary/aromatic N) is 3. The average Bonchev–Trinajstić information content (AvgIpc) is 3.53. The number of hydrogen-bond acceptors (Lipinski definition) is 6. The zero-order valence-electron chi connectivity index (χ0n) is 18.5. The summed E-state index contributed by atoms with van der Waals surface area (Å²) in [6.45, 7) is -0.149. The minimum absolute atomic E-state index is 0.149. The Morgan fingerprint density at radius 3 is 2.59 bits per heavy atom. The quantitative estimate of drug-likeness (QED) is 0.437. The van der Waals surface area contributed by atoms with Gasteiger partial charge in [0.2, 0.25) is 5.91 Å². The summed E-state index contributed by atoms with van der Waals surface area (Å²) in [5.74, 6) is 0.182. The first-order chi connectivity index (χ1) is 16.6. The fourth-order valence-corrected chi connectivity index (χ4v) is 7.62. The average molecular weight is 487 g/mol. The Morgan fingerprint density at radius 1 is 1.03 bits per heavy atom. The molecule has 2 aliphatic rings. The maximum Gasteiger partial charge on any atom is 0.263 e. The molecule has 1 aromatic carbocycles. The summed E-state index contributed by atoms with van der Waals surface area (Å²) in [5.41, 5.74) is 3.39. The number of benzene rings is 1. The number of nitriles is 1. The molecule has 1 N–H and O–H groups in total. The van der Waals surface area contributed by atoms with Gasteiger partial charge >= 0.3 is 0 Å². The number of carbonyl (C=O) groups excluding carboxylic acids is 1. The van der Waals surface area contributed by atoms with Crippen molar-refractivity contribution in [3.63, 3.8) is 0 Å². The van der Waals surface area contributed by atoms with Crippen LogP contribution in [-0.4, -0.2) is 15.5 Å². The van der Waals surface area contributed by atoms with Crippen molar-refractivity contribution in [1.29, 1.82) is 5.26 Å². The van der Waals surface area contributed by atoms with Gasteiger partial charge in [-0.2, -0.15) is 5.26 Å². The molecule has 3 heterocycles. The van der Waals surface area contributed by atoms with Gasteiger partial charge in [0.15, 0.2) is 0 Å². The van der Waals surface area contributed by atoms with Crippen molar-refractivity contribution in [2.75, 3.05) is 5.32 Å². The SMILES string of the molecule is N#Cc1c(NC(=O)Cn2c(-c3ccccc3)nc3sc4c(c3c2=O)CCCC4)sc2c1CCC2. The standard InChI is InChI=1S/C26H22N4O2S2/c27-13-18-16-10-6-12-19(16)33-24(18)28-21(31)14-30-23(15-7-2-1-3-8-15)29-25-22(26(30)32)17-9-4-5-11-20(17)34-25/h1-3,7-8H,4-6,9-12,14H2,(H,28,31). The Balaban J connectivity index is 1.43. The van der Waals surface area contributed by atoms with Crippen LogP contribution < -0.4 is 10.9 Å². The lowest BCUT2D eigenvalue weighted by Crippen LogP contribution is -2.30. The molecule has 170 valence electrons. The minimum Gasteiger partial charge on any atom is -0.315 e. The van der Waals surface area contributed by atoms with Crippen molar-refractivity contribution in [2.24, 2.45) is 0 Å². The van der Waals surface area contributed by atoms with Crippen LogP contribution in [0.5, 0.6) is 0 Å². The molecule has 0 aliphatic heterocycles. The van der Waals surface area contributed by atoms with Crippen LogP contribution in [0.15, 0.2) is 35.1 Å². The third-order valence-corrected chi connectivity index (χ3v) is 9.09. The molecule has 0 unspecified atom stereocenters. The number of thiophene rings is 2. The van der Waals surface area contributed by atoms with Crippen LogP contribution in [-0.2, 0) is 37.0 Å². The fraction of sp³-hybridized carbons (Fsp3) is 0.308. The van der Waals surface area contributed by atoms with Crippen molar-refractivity contribution in [3.05, 3.63) is 67.1 Å². The Labute approximate surface area is 204 Å². The largest absolute Gasteiger partial charge is 0.315 e. The van der Waals surface area contributed by atoms with E-state index in [1.165, 1.54) is 25.7 Å². The van der Waals surface area contributed by atoms with Gasteiger partial charge in [-0.15, -0.1) is 22.7 Å². The summed E-state index contributed by atoms with van der Waals surface area (Å²) in [4.78, 5) is 35.0. The second-order valence-electron chi connectivity index (χ2n) is 8.81. The number of aryl methyl sites for hydroxylation is 3. The number of nitrogens with one attached hydrogen (secondary N) is 1. The summed E-state index contributed by atoms with van der Waals surface area (Å²) in [7, 11) is 0. The third kappa shape index (κ3) is 3.47. The summed E-state index contributed by atoms with van der Waals surface area (Å²) < 4.78 is 1.50. The number of fused-ring (bicyclic) bond motifs is 4. The molecule has 4 aromatic rings. The van der Waals surface area contributed by atoms with E-state index >= 15 is 0 Å². The van der Waals surface area contributed by atoms with Crippen LogP contribution in [0.3, 0.4) is 0 Å². The molecule has 8 heteroatoms. The van der Waals surface area contributed by atoms with Crippen LogP contribution in [0, 0.1) is 11.3 Å². The van der Waals surface area contributed by atoms with Gasteiger partial charge < -0.3 is 5.32 Å². The molecule has 0 fully saturated rings. The highest BCUT2D eigenvalue weighted by atomic mass is 32.1. The fourth-order valence-electron chi connectivity index (χ4n) is 5.11. The van der Waals surface area contributed by atoms with E-state index in [0.29, 0.717) is 21.8 Å². The van der Waals surface area contributed by atoms with Crippen LogP contribution in [0.2, 0.25) is 0 Å². The van der Waals surface area contributed by atoms with Gasteiger partial charge in [-0.1, -0.05) is 30.3 Å². The first-order valence-corrected chi connectivity index (χ1v) is 13.2. The van der Waals surface area contributed by atoms with Crippen LogP contribution in [0.25, 0.3) is 21.6 Å². The number of hydrogen-bond donors (Lipinski definition) is 1. The molecule has 0 spiro atoms. The zero-order chi connectivity index (χ0) is 23.2. The monoisotopic (exact) mass is 486 g/mol. The summed E-state index contributed by atoms with van der Waals surface area (Å²) >= 11 is 3.10. The lowest BCUT2D eigenvalue weighted by molar-refractivity contribution is -0.116. The van der Waals surface area contributed by atoms with E-state index in [0.717, 1.165) is 66.5 Å². The van der Waals surface area contributed by atoms with Crippen molar-refractivity contribution in [3.8, 4) is 17.5 Å². The number of aromatic nitrogens is 2. The Hall–Kier alpha value is -3.28. The van der Waals surface area contributed by atoms with Gasteiger partial charge in [0.05, 0.1) is 10.9 Å². The molecule has 1 amide bonds. The van der Waals surface area contributed by atoms with Gasteiger partial charge in [-0.25, -0.2) is 4.98 Å². The summed E-state index contributed by atoms with van der Waals surface area (Å²) in [5, 5.41) is 13.8.